The zero-order chi connectivity index (χ0) is 28.1. The van der Waals surface area contributed by atoms with Gasteiger partial charge in [-0.15, -0.1) is 0 Å². The van der Waals surface area contributed by atoms with Crippen molar-refractivity contribution in [2.24, 2.45) is 0 Å². The van der Waals surface area contributed by atoms with Crippen molar-refractivity contribution in [2.45, 2.75) is 30.5 Å². The molecule has 200 valence electrons. The third kappa shape index (κ3) is 6.70. The number of halogens is 8. The average Bonchev–Trinajstić information content (AvgIpc) is 2.83. The summed E-state index contributed by atoms with van der Waals surface area (Å²) >= 11 is 0. The Bertz CT molecular complexity index is 1310. The lowest BCUT2D eigenvalue weighted by atomic mass is 9.77. The Morgan fingerprint density at radius 2 is 1.50 bits per heavy atom. The van der Waals surface area contributed by atoms with Gasteiger partial charge >= 0.3 is 24.6 Å². The molecule has 0 saturated carbocycles. The monoisotopic (exact) mass is 543 g/mol. The van der Waals surface area contributed by atoms with E-state index in [0.717, 1.165) is 35.6 Å². The maximum Gasteiger partial charge on any atom is 0.461 e. The van der Waals surface area contributed by atoms with Gasteiger partial charge in [0.15, 0.2) is 6.07 Å². The summed E-state index contributed by atoms with van der Waals surface area (Å²) in [5.41, 5.74) is -2.17. The topological polar surface area (TPSA) is 74.2 Å². The molecule has 2 N–H and O–H groups in total. The number of amides is 2. The summed E-state index contributed by atoms with van der Waals surface area (Å²) < 4.78 is 112. The Morgan fingerprint density at radius 1 is 0.868 bits per heavy atom. The molecule has 0 unspecified atom stereocenters. The minimum absolute atomic E-state index is 0.0460. The zero-order valence-corrected chi connectivity index (χ0v) is 19.0. The van der Waals surface area contributed by atoms with Gasteiger partial charge in [-0.3, -0.25) is 5.32 Å². The van der Waals surface area contributed by atoms with Crippen molar-refractivity contribution < 1.29 is 44.7 Å². The number of carbonyl (C=O) groups excluding carboxylic acids is 1. The van der Waals surface area contributed by atoms with Crippen LogP contribution in [0.2, 0.25) is 0 Å². The highest BCUT2D eigenvalue weighted by molar-refractivity contribution is 5.77. The fraction of sp³-hybridized carbons (Fsp3) is 0.200. The van der Waals surface area contributed by atoms with Crippen LogP contribution in [0.1, 0.15) is 16.7 Å². The Morgan fingerprint density at radius 3 is 2.08 bits per heavy atom. The first-order valence-corrected chi connectivity index (χ1v) is 10.6. The van der Waals surface area contributed by atoms with E-state index in [1.807, 2.05) is 0 Å². The Balaban J connectivity index is 2.26. The number of carbonyl (C=O) groups is 1. The van der Waals surface area contributed by atoms with E-state index < -0.39 is 53.1 Å². The number of ether oxygens (including phenoxy) is 1. The molecule has 0 aliphatic carbocycles. The second-order valence-electron chi connectivity index (χ2n) is 7.98. The van der Waals surface area contributed by atoms with Crippen molar-refractivity contribution in [2.75, 3.05) is 0 Å². The van der Waals surface area contributed by atoms with Crippen molar-refractivity contribution in [1.82, 2.24) is 10.6 Å². The minimum atomic E-state index is -5.03. The molecule has 0 heterocycles. The Kier molecular flexibility index (Phi) is 8.14. The zero-order valence-electron chi connectivity index (χ0n) is 19.0. The van der Waals surface area contributed by atoms with Crippen LogP contribution >= 0.6 is 0 Å². The summed E-state index contributed by atoms with van der Waals surface area (Å²) in [7, 11) is 0. The first-order chi connectivity index (χ1) is 17.8. The predicted molar refractivity (Wildman–Crippen MR) is 118 cm³/mol. The van der Waals surface area contributed by atoms with Crippen LogP contribution in [0.25, 0.3) is 0 Å². The third-order valence-electron chi connectivity index (χ3n) is 5.26. The summed E-state index contributed by atoms with van der Waals surface area (Å²) in [4.78, 5) is 12.7. The summed E-state index contributed by atoms with van der Waals surface area (Å²) in [6.07, 6.45) is -9.67. The first-order valence-electron chi connectivity index (χ1n) is 10.6. The van der Waals surface area contributed by atoms with Crippen molar-refractivity contribution in [1.29, 1.82) is 5.26 Å². The van der Waals surface area contributed by atoms with Gasteiger partial charge in [-0.1, -0.05) is 42.5 Å². The molecule has 0 aliphatic rings. The first kappa shape index (κ1) is 28.2. The number of nitriles is 1. The molecular weight excluding hydrogens is 526 g/mol. The van der Waals surface area contributed by atoms with Crippen LogP contribution in [-0.4, -0.2) is 24.6 Å². The van der Waals surface area contributed by atoms with Gasteiger partial charge in [0.2, 0.25) is 0 Å². The molecule has 1 atom stereocenters. The lowest BCUT2D eigenvalue weighted by molar-refractivity contribution is -0.253. The van der Waals surface area contributed by atoms with E-state index in [1.165, 1.54) is 12.1 Å². The SMILES string of the molecule is N#CC(F)(F)NC(=O)N[C@](Cc1ccccc1)(c1ccc(F)cc1)c1cc(F)cc(OC(F)(F)C(F)F)c1. The quantitative estimate of drug-likeness (QED) is 0.253. The summed E-state index contributed by atoms with van der Waals surface area (Å²) in [5, 5.41) is 11.9. The molecule has 3 aromatic rings. The highest BCUT2D eigenvalue weighted by atomic mass is 19.3. The lowest BCUT2D eigenvalue weighted by Gasteiger charge is -2.37. The largest absolute Gasteiger partial charge is 0.461 e. The van der Waals surface area contributed by atoms with Gasteiger partial charge in [0.25, 0.3) is 0 Å². The van der Waals surface area contributed by atoms with Crippen LogP contribution in [0.3, 0.4) is 0 Å². The summed E-state index contributed by atoms with van der Waals surface area (Å²) in [6, 6.07) is 8.27. The van der Waals surface area contributed by atoms with E-state index >= 15 is 0 Å². The normalized spacial score (nSPS) is 13.4. The van der Waals surface area contributed by atoms with E-state index in [-0.39, 0.29) is 12.0 Å². The molecule has 0 spiro atoms. The number of nitrogens with one attached hydrogen (secondary N) is 2. The number of benzene rings is 3. The van der Waals surface area contributed by atoms with Gasteiger partial charge in [0, 0.05) is 12.5 Å². The van der Waals surface area contributed by atoms with Gasteiger partial charge in [-0.2, -0.15) is 31.6 Å². The molecule has 3 aromatic carbocycles. The number of urea groups is 1. The van der Waals surface area contributed by atoms with E-state index in [2.05, 4.69) is 10.1 Å². The lowest BCUT2D eigenvalue weighted by Crippen LogP contribution is -2.55. The van der Waals surface area contributed by atoms with Crippen molar-refractivity contribution in [3.63, 3.8) is 0 Å². The Labute approximate surface area is 210 Å². The van der Waals surface area contributed by atoms with Gasteiger partial charge in [0.05, 0.1) is 5.54 Å². The fourth-order valence-corrected chi connectivity index (χ4v) is 3.66. The van der Waals surface area contributed by atoms with Crippen LogP contribution in [0, 0.1) is 23.0 Å². The number of rotatable bonds is 9. The molecule has 38 heavy (non-hydrogen) atoms. The highest BCUT2D eigenvalue weighted by Gasteiger charge is 2.45. The average molecular weight is 543 g/mol. The van der Waals surface area contributed by atoms with Crippen molar-refractivity contribution >= 4 is 6.03 Å². The van der Waals surface area contributed by atoms with Crippen LogP contribution in [0.4, 0.5) is 39.9 Å². The van der Waals surface area contributed by atoms with E-state index in [1.54, 1.807) is 18.2 Å². The summed E-state index contributed by atoms with van der Waals surface area (Å²) in [6.45, 7) is 0. The highest BCUT2D eigenvalue weighted by Crippen LogP contribution is 2.38. The number of hydrogen-bond donors (Lipinski definition) is 2. The molecular formula is C25H17F8N3O2. The minimum Gasteiger partial charge on any atom is -0.428 e. The smallest absolute Gasteiger partial charge is 0.428 e. The second-order valence-corrected chi connectivity index (χ2v) is 7.98. The number of hydrogen-bond acceptors (Lipinski definition) is 3. The Hall–Kier alpha value is -4.34. The van der Waals surface area contributed by atoms with E-state index in [9.17, 15) is 39.9 Å². The molecule has 5 nitrogen and oxygen atoms in total. The van der Waals surface area contributed by atoms with Crippen LogP contribution in [-0.2, 0) is 12.0 Å². The van der Waals surface area contributed by atoms with E-state index in [0.29, 0.717) is 23.8 Å². The van der Waals surface area contributed by atoms with E-state index in [4.69, 9.17) is 5.26 Å². The molecule has 2 amide bonds. The predicted octanol–water partition coefficient (Wildman–Crippen LogP) is 6.10. The molecule has 0 bridgehead atoms. The van der Waals surface area contributed by atoms with Gasteiger partial charge in [-0.05, 0) is 41.0 Å². The van der Waals surface area contributed by atoms with Gasteiger partial charge < -0.3 is 10.1 Å². The number of alkyl halides is 6. The molecule has 3 rings (SSSR count). The van der Waals surface area contributed by atoms with Crippen LogP contribution < -0.4 is 15.4 Å². The standard InChI is InChI=1S/C25H17F8N3O2/c26-18-8-6-16(7-9-18)23(13-15-4-2-1-3-5-15,35-22(37)36-24(30,31)14-34)17-10-19(27)12-20(11-17)38-25(32,33)21(28)29/h1-12,21H,13H2,(H2,35,36,37)/t23-/m1/s1. The fourth-order valence-electron chi connectivity index (χ4n) is 3.66. The molecule has 0 radical (unpaired) electrons. The van der Waals surface area contributed by atoms with Crippen LogP contribution in [0.5, 0.6) is 5.75 Å². The summed E-state index contributed by atoms with van der Waals surface area (Å²) in [5.74, 6) is -3.09. The molecule has 0 aliphatic heterocycles. The second kappa shape index (κ2) is 11.0. The number of nitrogens with zero attached hydrogens (tertiary/aromatic N) is 1. The van der Waals surface area contributed by atoms with Crippen LogP contribution in [0.15, 0.2) is 72.8 Å². The van der Waals surface area contributed by atoms with Crippen molar-refractivity contribution in [3.8, 4) is 11.8 Å². The van der Waals surface area contributed by atoms with Gasteiger partial charge in [0.1, 0.15) is 17.4 Å². The molecule has 0 saturated heterocycles. The molecule has 0 fully saturated rings. The maximum atomic E-state index is 14.7. The van der Waals surface area contributed by atoms with Crippen molar-refractivity contribution in [3.05, 3.63) is 101 Å². The molecule has 13 heteroatoms. The van der Waals surface area contributed by atoms with Gasteiger partial charge in [-0.25, -0.2) is 13.6 Å². The third-order valence-corrected chi connectivity index (χ3v) is 5.26. The maximum absolute atomic E-state index is 14.7. The molecule has 0 aromatic heterocycles.